The summed E-state index contributed by atoms with van der Waals surface area (Å²) in [5.74, 6) is -0.874. The zero-order valence-electron chi connectivity index (χ0n) is 15.1. The lowest BCUT2D eigenvalue weighted by atomic mass is 10.2. The van der Waals surface area contributed by atoms with E-state index in [-0.39, 0.29) is 22.0 Å². The van der Waals surface area contributed by atoms with Crippen molar-refractivity contribution in [1.82, 2.24) is 9.88 Å². The quantitative estimate of drug-likeness (QED) is 0.600. The van der Waals surface area contributed by atoms with Crippen molar-refractivity contribution in [3.8, 4) is 0 Å². The minimum Gasteiger partial charge on any atom is -0.268 e. The summed E-state index contributed by atoms with van der Waals surface area (Å²) in [6.07, 6.45) is 2.15. The maximum Gasteiger partial charge on any atom is 0.280 e. The summed E-state index contributed by atoms with van der Waals surface area (Å²) in [4.78, 5) is 30.7. The fourth-order valence-corrected chi connectivity index (χ4v) is 6.62. The Morgan fingerprint density at radius 3 is 2.66 bits per heavy atom. The van der Waals surface area contributed by atoms with Crippen molar-refractivity contribution in [3.63, 3.8) is 0 Å². The van der Waals surface area contributed by atoms with Crippen LogP contribution in [0.5, 0.6) is 0 Å². The van der Waals surface area contributed by atoms with E-state index in [4.69, 9.17) is 0 Å². The monoisotopic (exact) mass is 425 g/mol. The first-order chi connectivity index (χ1) is 14.0. The van der Waals surface area contributed by atoms with E-state index in [1.807, 2.05) is 18.2 Å². The van der Waals surface area contributed by atoms with Gasteiger partial charge in [0.25, 0.3) is 21.8 Å². The molecule has 146 valence electrons. The molecule has 0 unspecified atom stereocenters. The molecule has 0 saturated heterocycles. The van der Waals surface area contributed by atoms with Crippen molar-refractivity contribution < 1.29 is 18.0 Å². The molecule has 0 spiro atoms. The summed E-state index contributed by atoms with van der Waals surface area (Å²) >= 11 is 1.07. The SMILES string of the molecule is O=C1c2cccnc2C(=O)N1Cc1ccc(S(=O)(=O)N2CCc3ccccc32)s1. The Balaban J connectivity index is 1.41. The molecule has 2 aliphatic rings. The summed E-state index contributed by atoms with van der Waals surface area (Å²) in [7, 11) is -3.69. The summed E-state index contributed by atoms with van der Waals surface area (Å²) in [6, 6.07) is 13.8. The van der Waals surface area contributed by atoms with Gasteiger partial charge in [-0.15, -0.1) is 11.3 Å². The van der Waals surface area contributed by atoms with E-state index >= 15 is 0 Å². The number of nitrogens with zero attached hydrogens (tertiary/aromatic N) is 3. The standard InChI is InChI=1S/C20H15N3O4S2/c24-19-15-5-3-10-21-18(15)20(25)22(19)12-14-7-8-17(28-14)29(26,27)23-11-9-13-4-1-2-6-16(13)23/h1-8,10H,9,11-12H2. The first kappa shape index (κ1) is 18.0. The molecule has 5 rings (SSSR count). The van der Waals surface area contributed by atoms with E-state index in [1.165, 1.54) is 16.6 Å². The summed E-state index contributed by atoms with van der Waals surface area (Å²) < 4.78 is 27.9. The molecule has 0 radical (unpaired) electrons. The number of fused-ring (bicyclic) bond motifs is 2. The third-order valence-electron chi connectivity index (χ3n) is 5.07. The molecule has 29 heavy (non-hydrogen) atoms. The Bertz CT molecular complexity index is 1230. The van der Waals surface area contributed by atoms with E-state index in [2.05, 4.69) is 4.98 Å². The summed E-state index contributed by atoms with van der Waals surface area (Å²) in [6.45, 7) is 0.420. The minimum atomic E-state index is -3.69. The van der Waals surface area contributed by atoms with Gasteiger partial charge in [0.2, 0.25) is 0 Å². The second-order valence-electron chi connectivity index (χ2n) is 6.77. The topological polar surface area (TPSA) is 87.6 Å². The number of carbonyl (C=O) groups is 2. The van der Waals surface area contributed by atoms with Crippen LogP contribution in [0.2, 0.25) is 0 Å². The number of aromatic nitrogens is 1. The number of pyridine rings is 1. The number of para-hydroxylation sites is 1. The molecule has 0 bridgehead atoms. The smallest absolute Gasteiger partial charge is 0.268 e. The van der Waals surface area contributed by atoms with E-state index in [9.17, 15) is 18.0 Å². The number of imide groups is 1. The van der Waals surface area contributed by atoms with Crippen LogP contribution in [0.15, 0.2) is 58.9 Å². The normalized spacial score (nSPS) is 15.7. The third-order valence-corrected chi connectivity index (χ3v) is 8.42. The number of benzene rings is 1. The van der Waals surface area contributed by atoms with Gasteiger partial charge in [0.05, 0.1) is 17.8 Å². The van der Waals surface area contributed by atoms with Crippen LogP contribution in [0.1, 0.15) is 31.3 Å². The number of rotatable bonds is 4. The van der Waals surface area contributed by atoms with E-state index in [1.54, 1.807) is 24.3 Å². The predicted octanol–water partition coefficient (Wildman–Crippen LogP) is 2.69. The van der Waals surface area contributed by atoms with Gasteiger partial charge in [-0.25, -0.2) is 8.42 Å². The summed E-state index contributed by atoms with van der Waals surface area (Å²) in [5.41, 5.74) is 2.12. The molecule has 0 atom stereocenters. The second-order valence-corrected chi connectivity index (χ2v) is 10.0. The highest BCUT2D eigenvalue weighted by Gasteiger charge is 2.37. The highest BCUT2D eigenvalue weighted by atomic mass is 32.2. The van der Waals surface area contributed by atoms with Crippen molar-refractivity contribution in [2.45, 2.75) is 17.2 Å². The van der Waals surface area contributed by atoms with E-state index < -0.39 is 21.8 Å². The molecule has 9 heteroatoms. The molecular weight excluding hydrogens is 410 g/mol. The Morgan fingerprint density at radius 1 is 1.00 bits per heavy atom. The molecule has 0 aliphatic carbocycles. The highest BCUT2D eigenvalue weighted by Crippen LogP contribution is 2.35. The van der Waals surface area contributed by atoms with Gasteiger partial charge in [-0.2, -0.15) is 0 Å². The van der Waals surface area contributed by atoms with Gasteiger partial charge in [0.15, 0.2) is 0 Å². The van der Waals surface area contributed by atoms with Gasteiger partial charge in [0, 0.05) is 17.6 Å². The Kier molecular flexibility index (Phi) is 4.04. The van der Waals surface area contributed by atoms with Crippen molar-refractivity contribution in [2.75, 3.05) is 10.8 Å². The van der Waals surface area contributed by atoms with Crippen molar-refractivity contribution in [1.29, 1.82) is 0 Å². The largest absolute Gasteiger partial charge is 0.280 e. The number of sulfonamides is 1. The molecule has 3 aromatic rings. The molecule has 7 nitrogen and oxygen atoms in total. The number of hydrogen-bond donors (Lipinski definition) is 0. The molecule has 0 N–H and O–H groups in total. The average Bonchev–Trinajstić information content (AvgIpc) is 3.43. The second kappa shape index (κ2) is 6.50. The Morgan fingerprint density at radius 2 is 1.83 bits per heavy atom. The van der Waals surface area contributed by atoms with Gasteiger partial charge < -0.3 is 0 Å². The number of amides is 2. The molecule has 2 aliphatic heterocycles. The van der Waals surface area contributed by atoms with Gasteiger partial charge in [0.1, 0.15) is 9.90 Å². The molecule has 4 heterocycles. The molecule has 1 aromatic carbocycles. The Hall–Kier alpha value is -3.04. The van der Waals surface area contributed by atoms with Crippen molar-refractivity contribution >= 4 is 38.9 Å². The van der Waals surface area contributed by atoms with Crippen LogP contribution in [0.4, 0.5) is 5.69 Å². The van der Waals surface area contributed by atoms with Crippen LogP contribution in [0.25, 0.3) is 0 Å². The van der Waals surface area contributed by atoms with Gasteiger partial charge in [-0.05, 0) is 42.3 Å². The van der Waals surface area contributed by atoms with Gasteiger partial charge in [-0.3, -0.25) is 23.8 Å². The van der Waals surface area contributed by atoms with Crippen molar-refractivity contribution in [3.05, 3.63) is 76.4 Å². The number of carbonyl (C=O) groups excluding carboxylic acids is 2. The lowest BCUT2D eigenvalue weighted by Crippen LogP contribution is -2.29. The summed E-state index contributed by atoms with van der Waals surface area (Å²) in [5, 5.41) is 0. The molecule has 0 saturated carbocycles. The lowest BCUT2D eigenvalue weighted by molar-refractivity contribution is 0.0642. The zero-order chi connectivity index (χ0) is 20.2. The molecule has 2 aromatic heterocycles. The first-order valence-corrected chi connectivity index (χ1v) is 11.2. The van der Waals surface area contributed by atoms with Crippen LogP contribution in [0, 0.1) is 0 Å². The number of anilines is 1. The van der Waals surface area contributed by atoms with Crippen LogP contribution in [-0.4, -0.2) is 36.7 Å². The third kappa shape index (κ3) is 2.77. The van der Waals surface area contributed by atoms with E-state index in [0.717, 1.165) is 21.8 Å². The van der Waals surface area contributed by atoms with Crippen LogP contribution in [-0.2, 0) is 23.0 Å². The maximum atomic E-state index is 13.1. The van der Waals surface area contributed by atoms with Crippen molar-refractivity contribution in [2.24, 2.45) is 0 Å². The molecule has 0 fully saturated rings. The van der Waals surface area contributed by atoms with Crippen LogP contribution >= 0.6 is 11.3 Å². The Labute approximate surface area is 171 Å². The molecule has 2 amide bonds. The van der Waals surface area contributed by atoms with E-state index in [0.29, 0.717) is 23.5 Å². The molecular formula is C20H15N3O4S2. The number of hydrogen-bond acceptors (Lipinski definition) is 6. The van der Waals surface area contributed by atoms with Gasteiger partial charge >= 0.3 is 0 Å². The first-order valence-electron chi connectivity index (χ1n) is 8.97. The van der Waals surface area contributed by atoms with Crippen LogP contribution in [0.3, 0.4) is 0 Å². The average molecular weight is 425 g/mol. The maximum absolute atomic E-state index is 13.1. The fraction of sp³-hybridized carbons (Fsp3) is 0.150. The minimum absolute atomic E-state index is 0.0187. The van der Waals surface area contributed by atoms with Gasteiger partial charge in [-0.1, -0.05) is 18.2 Å². The lowest BCUT2D eigenvalue weighted by Gasteiger charge is -2.18. The highest BCUT2D eigenvalue weighted by molar-refractivity contribution is 7.94. The van der Waals surface area contributed by atoms with Crippen LogP contribution < -0.4 is 4.31 Å². The number of thiophene rings is 1. The predicted molar refractivity (Wildman–Crippen MR) is 107 cm³/mol. The zero-order valence-corrected chi connectivity index (χ0v) is 16.7. The fourth-order valence-electron chi connectivity index (χ4n) is 3.66.